The van der Waals surface area contributed by atoms with E-state index in [9.17, 15) is 18.3 Å². The topological polar surface area (TPSA) is 71.4 Å². The monoisotopic (exact) mass is 318 g/mol. The van der Waals surface area contributed by atoms with Crippen molar-refractivity contribution in [3.63, 3.8) is 0 Å². The van der Waals surface area contributed by atoms with Gasteiger partial charge in [-0.25, -0.2) is 8.42 Å². The van der Waals surface area contributed by atoms with Gasteiger partial charge in [0.1, 0.15) is 0 Å². The van der Waals surface area contributed by atoms with Gasteiger partial charge in [-0.05, 0) is 13.8 Å². The van der Waals surface area contributed by atoms with E-state index in [0.29, 0.717) is 0 Å². The normalized spacial score (nSPS) is 14.5. The summed E-state index contributed by atoms with van der Waals surface area (Å²) >= 11 is 0. The van der Waals surface area contributed by atoms with Gasteiger partial charge in [-0.2, -0.15) is 0 Å². The van der Waals surface area contributed by atoms with Crippen molar-refractivity contribution >= 4 is 15.6 Å². The second-order valence-corrected chi connectivity index (χ2v) is 7.92. The fourth-order valence-electron chi connectivity index (χ4n) is 2.21. The molecule has 0 aliphatic carbocycles. The standard InChI is InChI=1S/C17H18O4S/c1-13(2)22(20,21)17(19,15-11-7-4-8-12-15)16(18)14-9-5-3-6-10-14/h3-13,19H,1-2H3. The molecule has 0 saturated carbocycles. The van der Waals surface area contributed by atoms with Gasteiger partial charge in [0.05, 0.1) is 5.25 Å². The van der Waals surface area contributed by atoms with Gasteiger partial charge >= 0.3 is 0 Å². The molecule has 22 heavy (non-hydrogen) atoms. The molecule has 0 spiro atoms. The SMILES string of the molecule is CC(C)S(=O)(=O)C(O)(C(=O)c1ccccc1)c1ccccc1. The fourth-order valence-corrected chi connectivity index (χ4v) is 3.74. The van der Waals surface area contributed by atoms with Crippen LogP contribution < -0.4 is 0 Å². The lowest BCUT2D eigenvalue weighted by Crippen LogP contribution is -2.47. The van der Waals surface area contributed by atoms with Crippen LogP contribution in [-0.2, 0) is 14.8 Å². The van der Waals surface area contributed by atoms with Crippen LogP contribution >= 0.6 is 0 Å². The lowest BCUT2D eigenvalue weighted by Gasteiger charge is -2.29. The summed E-state index contributed by atoms with van der Waals surface area (Å²) in [6.45, 7) is 2.89. The lowest BCUT2D eigenvalue weighted by atomic mass is 9.99. The van der Waals surface area contributed by atoms with Gasteiger partial charge in [0.25, 0.3) is 4.93 Å². The molecule has 2 rings (SSSR count). The fraction of sp³-hybridized carbons (Fsp3) is 0.235. The molecule has 0 bridgehead atoms. The predicted molar refractivity (Wildman–Crippen MR) is 85.2 cm³/mol. The minimum absolute atomic E-state index is 0.0533. The van der Waals surface area contributed by atoms with Crippen molar-refractivity contribution in [2.75, 3.05) is 0 Å². The van der Waals surface area contributed by atoms with Crippen LogP contribution in [0.4, 0.5) is 0 Å². The Labute approximate surface area is 130 Å². The van der Waals surface area contributed by atoms with E-state index in [-0.39, 0.29) is 11.1 Å². The molecule has 0 saturated heterocycles. The molecule has 0 aliphatic heterocycles. The third-order valence-corrected chi connectivity index (χ3v) is 6.03. The van der Waals surface area contributed by atoms with Crippen LogP contribution in [0, 0.1) is 0 Å². The van der Waals surface area contributed by atoms with Gasteiger partial charge < -0.3 is 5.11 Å². The van der Waals surface area contributed by atoms with Crippen LogP contribution in [0.25, 0.3) is 0 Å². The summed E-state index contributed by atoms with van der Waals surface area (Å²) in [7, 11) is -4.13. The molecule has 5 heteroatoms. The maximum atomic E-state index is 12.8. The van der Waals surface area contributed by atoms with Gasteiger partial charge in [0, 0.05) is 11.1 Å². The maximum absolute atomic E-state index is 12.8. The van der Waals surface area contributed by atoms with Crippen LogP contribution in [-0.4, -0.2) is 24.6 Å². The summed E-state index contributed by atoms with van der Waals surface area (Å²) in [4.78, 5) is 10.2. The highest BCUT2D eigenvalue weighted by molar-refractivity contribution is 7.93. The van der Waals surface area contributed by atoms with Crippen LogP contribution in [0.1, 0.15) is 29.8 Å². The van der Waals surface area contributed by atoms with E-state index < -0.39 is 25.8 Å². The molecule has 116 valence electrons. The maximum Gasteiger partial charge on any atom is 0.255 e. The average molecular weight is 318 g/mol. The lowest BCUT2D eigenvalue weighted by molar-refractivity contribution is 0.0626. The molecule has 0 aromatic heterocycles. The smallest absolute Gasteiger partial charge is 0.255 e. The predicted octanol–water partition coefficient (Wildman–Crippen LogP) is 2.54. The highest BCUT2D eigenvalue weighted by atomic mass is 32.2. The molecule has 1 unspecified atom stereocenters. The Hall–Kier alpha value is -1.98. The molecule has 2 aromatic rings. The molecule has 0 amide bonds. The molecular weight excluding hydrogens is 300 g/mol. The van der Waals surface area contributed by atoms with E-state index in [0.717, 1.165) is 0 Å². The van der Waals surface area contributed by atoms with Crippen molar-refractivity contribution in [3.05, 3.63) is 71.8 Å². The first-order valence-electron chi connectivity index (χ1n) is 6.93. The highest BCUT2D eigenvalue weighted by Gasteiger charge is 2.51. The molecule has 0 fully saturated rings. The highest BCUT2D eigenvalue weighted by Crippen LogP contribution is 2.34. The third kappa shape index (κ3) is 2.58. The van der Waals surface area contributed by atoms with Crippen molar-refractivity contribution in [2.24, 2.45) is 0 Å². The minimum atomic E-state index is -4.13. The molecule has 0 heterocycles. The van der Waals surface area contributed by atoms with Gasteiger partial charge in [0.2, 0.25) is 5.78 Å². The number of Topliss-reactive ketones (excluding diaryl/α,β-unsaturated/α-hetero) is 1. The molecular formula is C17H18O4S. The van der Waals surface area contributed by atoms with E-state index in [1.54, 1.807) is 36.4 Å². The van der Waals surface area contributed by atoms with Crippen LogP contribution in [0.15, 0.2) is 60.7 Å². The zero-order valence-electron chi connectivity index (χ0n) is 12.4. The molecule has 1 atom stereocenters. The molecule has 0 radical (unpaired) electrons. The Bertz CT molecular complexity index is 752. The van der Waals surface area contributed by atoms with Crippen molar-refractivity contribution < 1.29 is 18.3 Å². The van der Waals surface area contributed by atoms with Crippen molar-refractivity contribution in [1.29, 1.82) is 0 Å². The Balaban J connectivity index is 2.70. The average Bonchev–Trinajstić information content (AvgIpc) is 2.54. The van der Waals surface area contributed by atoms with Crippen molar-refractivity contribution in [2.45, 2.75) is 24.0 Å². The zero-order valence-corrected chi connectivity index (χ0v) is 13.2. The number of rotatable bonds is 5. The largest absolute Gasteiger partial charge is 0.365 e. The molecule has 4 nitrogen and oxygen atoms in total. The van der Waals surface area contributed by atoms with E-state index in [2.05, 4.69) is 0 Å². The first-order valence-corrected chi connectivity index (χ1v) is 8.47. The quantitative estimate of drug-likeness (QED) is 0.860. The van der Waals surface area contributed by atoms with Gasteiger partial charge in [0.15, 0.2) is 9.84 Å². The number of sulfone groups is 1. The minimum Gasteiger partial charge on any atom is -0.365 e. The first kappa shape index (κ1) is 16.4. The van der Waals surface area contributed by atoms with Gasteiger partial charge in [-0.3, -0.25) is 4.79 Å². The Morgan fingerprint density at radius 1 is 0.955 bits per heavy atom. The van der Waals surface area contributed by atoms with E-state index in [1.165, 1.54) is 38.1 Å². The Morgan fingerprint density at radius 2 is 1.41 bits per heavy atom. The molecule has 2 aromatic carbocycles. The summed E-state index contributed by atoms with van der Waals surface area (Å²) in [5.41, 5.74) is 0.204. The number of benzene rings is 2. The third-order valence-electron chi connectivity index (χ3n) is 3.54. The first-order chi connectivity index (χ1) is 10.3. The van der Waals surface area contributed by atoms with Crippen LogP contribution in [0.5, 0.6) is 0 Å². The summed E-state index contributed by atoms with van der Waals surface area (Å²) in [5, 5.41) is 10.1. The van der Waals surface area contributed by atoms with E-state index in [4.69, 9.17) is 0 Å². The Morgan fingerprint density at radius 3 is 1.86 bits per heavy atom. The number of hydrogen-bond donors (Lipinski definition) is 1. The number of carbonyl (C=O) groups is 1. The summed E-state index contributed by atoms with van der Waals surface area (Å²) in [6.07, 6.45) is 0. The summed E-state index contributed by atoms with van der Waals surface area (Å²) in [6, 6.07) is 15.7. The van der Waals surface area contributed by atoms with E-state index in [1.807, 2.05) is 0 Å². The summed E-state index contributed by atoms with van der Waals surface area (Å²) in [5.74, 6) is -0.840. The van der Waals surface area contributed by atoms with Crippen LogP contribution in [0.2, 0.25) is 0 Å². The van der Waals surface area contributed by atoms with Crippen molar-refractivity contribution in [3.8, 4) is 0 Å². The number of hydrogen-bond acceptors (Lipinski definition) is 4. The second kappa shape index (κ2) is 6.02. The number of ketones is 1. The number of aliphatic hydroxyl groups is 1. The zero-order chi connectivity index (χ0) is 16.4. The summed E-state index contributed by atoms with van der Waals surface area (Å²) < 4.78 is 25.4. The Kier molecular flexibility index (Phi) is 4.49. The second-order valence-electron chi connectivity index (χ2n) is 5.30. The van der Waals surface area contributed by atoms with Gasteiger partial charge in [-0.1, -0.05) is 60.7 Å². The number of carbonyl (C=O) groups excluding carboxylic acids is 1. The van der Waals surface area contributed by atoms with Crippen molar-refractivity contribution in [1.82, 2.24) is 0 Å². The van der Waals surface area contributed by atoms with E-state index >= 15 is 0 Å². The molecule has 1 N–H and O–H groups in total. The van der Waals surface area contributed by atoms with Crippen LogP contribution in [0.3, 0.4) is 0 Å². The van der Waals surface area contributed by atoms with Gasteiger partial charge in [-0.15, -0.1) is 0 Å². The molecule has 0 aliphatic rings.